The van der Waals surface area contributed by atoms with E-state index >= 15 is 0 Å². The molecule has 0 saturated carbocycles. The summed E-state index contributed by atoms with van der Waals surface area (Å²) in [6.45, 7) is 0. The number of hydrogen-bond acceptors (Lipinski definition) is 5. The maximum Gasteiger partial charge on any atom is 0.431 e. The van der Waals surface area contributed by atoms with E-state index in [4.69, 9.17) is 9.47 Å². The van der Waals surface area contributed by atoms with Crippen molar-refractivity contribution >= 4 is 12.2 Å². The second-order valence-electron chi connectivity index (χ2n) is 5.36. The Balaban J connectivity index is 1.88. The summed E-state index contributed by atoms with van der Waals surface area (Å²) in [6, 6.07) is 6.80. The molecular weight excluding hydrogens is 326 g/mol. The van der Waals surface area contributed by atoms with Crippen LogP contribution in [0.2, 0.25) is 0 Å². The molecule has 2 aromatic rings. The summed E-state index contributed by atoms with van der Waals surface area (Å²) < 4.78 is 13.9. The minimum atomic E-state index is -0.683. The zero-order valence-electron chi connectivity index (χ0n) is 14.5. The van der Waals surface area contributed by atoms with Crippen molar-refractivity contribution in [2.24, 2.45) is 14.1 Å². The molecule has 0 spiro atoms. The van der Waals surface area contributed by atoms with E-state index in [0.717, 1.165) is 10.0 Å². The molecule has 132 valence electrons. The number of aromatic nitrogens is 2. The van der Waals surface area contributed by atoms with Gasteiger partial charge in [-0.2, -0.15) is 0 Å². The van der Waals surface area contributed by atoms with Gasteiger partial charge < -0.3 is 9.47 Å². The van der Waals surface area contributed by atoms with Crippen LogP contribution >= 0.6 is 0 Å². The molecule has 0 fully saturated rings. The number of ether oxygens (including phenoxy) is 2. The van der Waals surface area contributed by atoms with Crippen LogP contribution < -0.4 is 24.1 Å². The van der Waals surface area contributed by atoms with Crippen molar-refractivity contribution in [3.05, 3.63) is 49.1 Å². The van der Waals surface area contributed by atoms with Crippen molar-refractivity contribution in [3.63, 3.8) is 0 Å². The fraction of sp³-hybridized carbons (Fsp3) is 0.250. The fourth-order valence-corrected chi connectivity index (χ4v) is 1.89. The molecule has 25 heavy (non-hydrogen) atoms. The van der Waals surface area contributed by atoms with Gasteiger partial charge in [-0.3, -0.25) is 0 Å². The van der Waals surface area contributed by atoms with E-state index in [2.05, 4.69) is 5.53 Å². The van der Waals surface area contributed by atoms with Gasteiger partial charge in [-0.15, -0.1) is 5.53 Å². The first-order chi connectivity index (χ1) is 11.8. The van der Waals surface area contributed by atoms with Gasteiger partial charge in [0.15, 0.2) is 23.9 Å². The predicted octanol–water partition coefficient (Wildman–Crippen LogP) is 0.317. The molecule has 9 heteroatoms. The van der Waals surface area contributed by atoms with E-state index in [1.807, 2.05) is 26.5 Å². The molecule has 9 nitrogen and oxygen atoms in total. The monoisotopic (exact) mass is 347 g/mol. The molecule has 2 heterocycles. The largest absolute Gasteiger partial charge is 0.431 e. The Kier molecular flexibility index (Phi) is 5.85. The molecule has 2 amide bonds. The third kappa shape index (κ3) is 5.43. The predicted molar refractivity (Wildman–Crippen MR) is 85.9 cm³/mol. The molecule has 0 radical (unpaired) electrons. The minimum Gasteiger partial charge on any atom is -0.403 e. The van der Waals surface area contributed by atoms with Gasteiger partial charge in [0.25, 0.3) is 0 Å². The highest BCUT2D eigenvalue weighted by molar-refractivity contribution is 5.71. The lowest BCUT2D eigenvalue weighted by Crippen LogP contribution is -2.52. The average molecular weight is 347 g/mol. The summed E-state index contributed by atoms with van der Waals surface area (Å²) in [5.74, 6) is 0.760. The van der Waals surface area contributed by atoms with Crippen molar-refractivity contribution in [1.82, 2.24) is 15.6 Å². The molecule has 0 aliphatic heterocycles. The van der Waals surface area contributed by atoms with E-state index in [1.54, 1.807) is 45.8 Å². The van der Waals surface area contributed by atoms with Gasteiger partial charge in [0.1, 0.15) is 14.1 Å². The van der Waals surface area contributed by atoms with Crippen LogP contribution in [0.25, 0.3) is 0 Å². The Morgan fingerprint density at radius 1 is 0.880 bits per heavy atom. The first kappa shape index (κ1) is 18.1. The Morgan fingerprint density at radius 3 is 1.64 bits per heavy atom. The van der Waals surface area contributed by atoms with E-state index < -0.39 is 12.2 Å². The fourth-order valence-electron chi connectivity index (χ4n) is 1.89. The van der Waals surface area contributed by atoms with Gasteiger partial charge in [-0.1, -0.05) is 0 Å². The van der Waals surface area contributed by atoms with E-state index in [-0.39, 0.29) is 0 Å². The van der Waals surface area contributed by atoms with Crippen LogP contribution in [-0.4, -0.2) is 36.3 Å². The number of nitrogens with one attached hydrogen (secondary N) is 1. The number of aryl methyl sites for hydroxylation is 2. The minimum absolute atomic E-state index is 0.380. The number of nitrogens with zero attached hydrogens (tertiary/aromatic N) is 4. The molecule has 1 N–H and O–H groups in total. The first-order valence-electron chi connectivity index (χ1n) is 7.43. The smallest absolute Gasteiger partial charge is 0.403 e. The number of carbonyl (C=O) groups excluding carboxylic acids is 2. The molecule has 2 rings (SSSR count). The highest BCUT2D eigenvalue weighted by atomic mass is 16.6. The quantitative estimate of drug-likeness (QED) is 0.636. The number of carbonyl (C=O) groups is 2. The van der Waals surface area contributed by atoms with Crippen molar-refractivity contribution in [2.45, 2.75) is 0 Å². The third-order valence-corrected chi connectivity index (χ3v) is 3.08. The van der Waals surface area contributed by atoms with Crippen LogP contribution in [0.3, 0.4) is 0 Å². The molecule has 0 aliphatic carbocycles. The number of pyridine rings is 2. The van der Waals surface area contributed by atoms with Gasteiger partial charge in [-0.05, 0) is 12.1 Å². The zero-order valence-corrected chi connectivity index (χ0v) is 14.5. The van der Waals surface area contributed by atoms with Crippen LogP contribution in [-0.2, 0) is 14.1 Å². The van der Waals surface area contributed by atoms with Crippen molar-refractivity contribution in [3.8, 4) is 11.5 Å². The molecule has 0 unspecified atom stereocenters. The van der Waals surface area contributed by atoms with E-state index in [0.29, 0.717) is 11.5 Å². The maximum atomic E-state index is 12.0. The molecule has 2 aromatic heterocycles. The summed E-state index contributed by atoms with van der Waals surface area (Å²) in [5.41, 5.74) is 2.55. The van der Waals surface area contributed by atoms with E-state index in [9.17, 15) is 9.59 Å². The maximum absolute atomic E-state index is 12.0. The summed E-state index contributed by atoms with van der Waals surface area (Å²) in [6.07, 6.45) is 5.56. The van der Waals surface area contributed by atoms with Gasteiger partial charge >= 0.3 is 12.2 Å². The van der Waals surface area contributed by atoms with Crippen LogP contribution in [0.5, 0.6) is 11.5 Å². The topological polar surface area (TPSA) is 78.9 Å². The first-order valence-corrected chi connectivity index (χ1v) is 7.43. The van der Waals surface area contributed by atoms with E-state index in [1.165, 1.54) is 14.1 Å². The Hall–Kier alpha value is -3.20. The lowest BCUT2D eigenvalue weighted by Gasteiger charge is -2.24. The lowest BCUT2D eigenvalue weighted by atomic mass is 10.4. The molecule has 0 saturated heterocycles. The molecule has 0 aromatic carbocycles. The Bertz CT molecular complexity index is 704. The highest BCUT2D eigenvalue weighted by Crippen LogP contribution is 2.08. The standard InChI is InChI=1S/C16H21N5O4/c1-18-9-5-7-13(11-18)24-15(22)20(3)17-21(4)16(23)25-14-8-6-10-19(2)12-14/h5-12,17H,1-4H3/q+2. The lowest BCUT2D eigenvalue weighted by molar-refractivity contribution is -0.671. The molecule has 0 bridgehead atoms. The van der Waals surface area contributed by atoms with Gasteiger partial charge in [0.05, 0.1) is 0 Å². The van der Waals surface area contributed by atoms with Gasteiger partial charge in [-0.25, -0.2) is 28.7 Å². The number of hydrogen-bond donors (Lipinski definition) is 1. The molecular formula is C16H21N5O4+2. The van der Waals surface area contributed by atoms with Crippen LogP contribution in [0, 0.1) is 0 Å². The number of hydrazine groups is 2. The number of amides is 2. The average Bonchev–Trinajstić information content (AvgIpc) is 2.54. The van der Waals surface area contributed by atoms with Crippen molar-refractivity contribution < 1.29 is 28.2 Å². The van der Waals surface area contributed by atoms with Crippen LogP contribution in [0.1, 0.15) is 0 Å². The summed E-state index contributed by atoms with van der Waals surface area (Å²) >= 11 is 0. The zero-order chi connectivity index (χ0) is 18.4. The van der Waals surface area contributed by atoms with Crippen molar-refractivity contribution in [1.29, 1.82) is 0 Å². The summed E-state index contributed by atoms with van der Waals surface area (Å²) in [4.78, 5) is 24.1. The van der Waals surface area contributed by atoms with Gasteiger partial charge in [0.2, 0.25) is 12.4 Å². The summed E-state index contributed by atoms with van der Waals surface area (Å²) in [7, 11) is 6.48. The van der Waals surface area contributed by atoms with Crippen molar-refractivity contribution in [2.75, 3.05) is 14.1 Å². The number of rotatable bonds is 4. The Labute approximate surface area is 145 Å². The third-order valence-electron chi connectivity index (χ3n) is 3.08. The second kappa shape index (κ2) is 8.06. The van der Waals surface area contributed by atoms with Crippen LogP contribution in [0.15, 0.2) is 49.1 Å². The van der Waals surface area contributed by atoms with Gasteiger partial charge in [0, 0.05) is 26.2 Å². The Morgan fingerprint density at radius 2 is 1.28 bits per heavy atom. The van der Waals surface area contributed by atoms with Crippen LogP contribution in [0.4, 0.5) is 9.59 Å². The molecule has 0 atom stereocenters. The summed E-state index contributed by atoms with van der Waals surface area (Å²) in [5, 5.41) is 2.05. The molecule has 0 aliphatic rings. The normalized spacial score (nSPS) is 10.1. The highest BCUT2D eigenvalue weighted by Gasteiger charge is 2.19. The SMILES string of the molecule is CN(NN(C)C(=O)Oc1ccc[n+](C)c1)C(=O)Oc1ccc[n+](C)c1. The second-order valence-corrected chi connectivity index (χ2v) is 5.36.